The maximum Gasteiger partial charge on any atom is 0.196 e. The third-order valence-corrected chi connectivity index (χ3v) is 4.46. The molecule has 6 nitrogen and oxygen atoms in total. The van der Waals surface area contributed by atoms with Gasteiger partial charge < -0.3 is 19.7 Å². The van der Waals surface area contributed by atoms with Crippen molar-refractivity contribution in [3.05, 3.63) is 34.2 Å². The van der Waals surface area contributed by atoms with Crippen LogP contribution >= 0.6 is 12.4 Å². The average molecular weight is 328 g/mol. The van der Waals surface area contributed by atoms with Gasteiger partial charge in [-0.1, -0.05) is 0 Å². The van der Waals surface area contributed by atoms with E-state index >= 15 is 0 Å². The van der Waals surface area contributed by atoms with Gasteiger partial charge in [-0.15, -0.1) is 12.4 Å². The van der Waals surface area contributed by atoms with Crippen molar-refractivity contribution in [2.75, 3.05) is 13.6 Å². The van der Waals surface area contributed by atoms with Gasteiger partial charge >= 0.3 is 0 Å². The lowest BCUT2D eigenvalue weighted by molar-refractivity contribution is -0.0627. The van der Waals surface area contributed by atoms with Crippen LogP contribution in [0.5, 0.6) is 11.5 Å². The first kappa shape index (κ1) is 16.6. The predicted octanol–water partition coefficient (Wildman–Crippen LogP) is 1.75. The first-order chi connectivity index (χ1) is 9.84. The summed E-state index contributed by atoms with van der Waals surface area (Å²) in [6.45, 7) is 2.31. The summed E-state index contributed by atoms with van der Waals surface area (Å²) in [7, 11) is 1.79. The summed E-state index contributed by atoms with van der Waals surface area (Å²) in [6, 6.07) is 2.34. The molecule has 1 aromatic heterocycles. The number of aromatic hydroxyl groups is 2. The normalized spacial score (nSPS) is 25.3. The SMILES string of the molecule is CN1CCC(c2c(O)cc(O)c3c(=O)ccoc23)C1(C)O.Cl. The van der Waals surface area contributed by atoms with Gasteiger partial charge in [0.25, 0.3) is 0 Å². The van der Waals surface area contributed by atoms with E-state index in [4.69, 9.17) is 4.42 Å². The highest BCUT2D eigenvalue weighted by Gasteiger charge is 2.44. The quantitative estimate of drug-likeness (QED) is 0.739. The second kappa shape index (κ2) is 5.46. The number of rotatable bonds is 1. The van der Waals surface area contributed by atoms with E-state index in [0.717, 1.165) is 6.07 Å². The van der Waals surface area contributed by atoms with E-state index in [-0.39, 0.29) is 40.3 Å². The number of hydrogen-bond donors (Lipinski definition) is 3. The third-order valence-electron chi connectivity index (χ3n) is 4.46. The summed E-state index contributed by atoms with van der Waals surface area (Å²) in [5, 5.41) is 30.8. The van der Waals surface area contributed by atoms with E-state index < -0.39 is 11.6 Å². The van der Waals surface area contributed by atoms with Crippen molar-refractivity contribution < 1.29 is 19.7 Å². The lowest BCUT2D eigenvalue weighted by Gasteiger charge is -2.32. The van der Waals surface area contributed by atoms with Crippen molar-refractivity contribution in [2.45, 2.75) is 25.0 Å². The number of likely N-dealkylation sites (N-methyl/N-ethyl adjacent to an activating group) is 1. The Bertz CT molecular complexity index is 770. The Balaban J connectivity index is 0.00000176. The average Bonchev–Trinajstić information content (AvgIpc) is 2.65. The lowest BCUT2D eigenvalue weighted by atomic mass is 9.87. The van der Waals surface area contributed by atoms with Crippen molar-refractivity contribution in [3.63, 3.8) is 0 Å². The van der Waals surface area contributed by atoms with E-state index in [1.54, 1.807) is 18.9 Å². The van der Waals surface area contributed by atoms with Crippen LogP contribution < -0.4 is 5.43 Å². The van der Waals surface area contributed by atoms with Gasteiger partial charge in [-0.05, 0) is 20.4 Å². The molecule has 22 heavy (non-hydrogen) atoms. The molecule has 3 N–H and O–H groups in total. The molecule has 2 aromatic rings. The first-order valence-corrected chi connectivity index (χ1v) is 6.74. The zero-order valence-electron chi connectivity index (χ0n) is 12.2. The van der Waals surface area contributed by atoms with Crippen LogP contribution in [-0.2, 0) is 0 Å². The van der Waals surface area contributed by atoms with Gasteiger partial charge in [0.1, 0.15) is 28.2 Å². The Hall–Kier alpha value is -1.76. The van der Waals surface area contributed by atoms with Crippen LogP contribution in [0, 0.1) is 0 Å². The van der Waals surface area contributed by atoms with E-state index in [2.05, 4.69) is 0 Å². The van der Waals surface area contributed by atoms with Crippen molar-refractivity contribution >= 4 is 23.4 Å². The number of benzene rings is 1. The monoisotopic (exact) mass is 327 g/mol. The fraction of sp³-hybridized carbons (Fsp3) is 0.400. The summed E-state index contributed by atoms with van der Waals surface area (Å²) in [4.78, 5) is 13.7. The molecule has 0 spiro atoms. The highest BCUT2D eigenvalue weighted by Crippen LogP contribution is 2.46. The fourth-order valence-corrected chi connectivity index (χ4v) is 3.10. The molecule has 1 fully saturated rings. The van der Waals surface area contributed by atoms with Crippen LogP contribution in [0.15, 0.2) is 27.6 Å². The first-order valence-electron chi connectivity index (χ1n) is 6.74. The molecule has 1 saturated heterocycles. The largest absolute Gasteiger partial charge is 0.507 e. The minimum atomic E-state index is -1.17. The van der Waals surface area contributed by atoms with Gasteiger partial charge in [-0.2, -0.15) is 0 Å². The molecular weight excluding hydrogens is 310 g/mol. The highest BCUT2D eigenvalue weighted by atomic mass is 35.5. The fourth-order valence-electron chi connectivity index (χ4n) is 3.10. The molecule has 0 aliphatic carbocycles. The van der Waals surface area contributed by atoms with Gasteiger partial charge in [0.2, 0.25) is 0 Å². The molecule has 2 heterocycles. The minimum absolute atomic E-state index is 0. The molecule has 7 heteroatoms. The second-order valence-electron chi connectivity index (χ2n) is 5.67. The smallest absolute Gasteiger partial charge is 0.196 e. The number of hydrogen-bond acceptors (Lipinski definition) is 6. The molecular formula is C15H18ClNO5. The third kappa shape index (κ3) is 2.24. The van der Waals surface area contributed by atoms with Crippen molar-refractivity contribution in [1.82, 2.24) is 4.90 Å². The highest BCUT2D eigenvalue weighted by molar-refractivity contribution is 5.88. The number of likely N-dealkylation sites (tertiary alicyclic amines) is 1. The number of aliphatic hydroxyl groups is 1. The summed E-state index contributed by atoms with van der Waals surface area (Å²) in [5.41, 5.74) is -1.08. The molecule has 0 bridgehead atoms. The van der Waals surface area contributed by atoms with Crippen LogP contribution in [-0.4, -0.2) is 39.5 Å². The van der Waals surface area contributed by atoms with E-state index in [0.29, 0.717) is 18.5 Å². The number of phenols is 2. The number of fused-ring (bicyclic) bond motifs is 1. The molecule has 0 radical (unpaired) electrons. The molecule has 2 unspecified atom stereocenters. The molecule has 1 aliphatic rings. The zero-order chi connectivity index (χ0) is 15.4. The Morgan fingerprint density at radius 1 is 1.36 bits per heavy atom. The van der Waals surface area contributed by atoms with Crippen LogP contribution in [0.1, 0.15) is 24.8 Å². The number of phenolic OH excluding ortho intramolecular Hbond substituents is 2. The van der Waals surface area contributed by atoms with Crippen LogP contribution in [0.25, 0.3) is 11.0 Å². The second-order valence-corrected chi connectivity index (χ2v) is 5.67. The van der Waals surface area contributed by atoms with Gasteiger partial charge in [0.05, 0.1) is 6.26 Å². The minimum Gasteiger partial charge on any atom is -0.507 e. The molecule has 3 rings (SSSR count). The van der Waals surface area contributed by atoms with Gasteiger partial charge in [0, 0.05) is 30.2 Å². The molecule has 1 aromatic carbocycles. The molecule has 0 saturated carbocycles. The topological polar surface area (TPSA) is 94.1 Å². The van der Waals surface area contributed by atoms with Gasteiger partial charge in [-0.3, -0.25) is 9.69 Å². The standard InChI is InChI=1S/C15H17NO5.ClH/c1-15(20)8(3-5-16(15)2)12-10(18)7-11(19)13-9(17)4-6-21-14(12)13;/h4,6-8,18-20H,3,5H2,1-2H3;1H. The van der Waals surface area contributed by atoms with Crippen molar-refractivity contribution in [1.29, 1.82) is 0 Å². The Kier molecular flexibility index (Phi) is 4.12. The molecule has 0 amide bonds. The van der Waals surface area contributed by atoms with Gasteiger partial charge in [0.15, 0.2) is 5.43 Å². The van der Waals surface area contributed by atoms with E-state index in [9.17, 15) is 20.1 Å². The summed E-state index contributed by atoms with van der Waals surface area (Å²) >= 11 is 0. The maximum atomic E-state index is 11.9. The molecule has 120 valence electrons. The van der Waals surface area contributed by atoms with E-state index in [1.807, 2.05) is 0 Å². The Labute approximate surface area is 133 Å². The summed E-state index contributed by atoms with van der Waals surface area (Å²) < 4.78 is 5.38. The van der Waals surface area contributed by atoms with Crippen LogP contribution in [0.2, 0.25) is 0 Å². The maximum absolute atomic E-state index is 11.9. The van der Waals surface area contributed by atoms with Gasteiger partial charge in [-0.25, -0.2) is 0 Å². The predicted molar refractivity (Wildman–Crippen MR) is 83.7 cm³/mol. The number of halogens is 1. The van der Waals surface area contributed by atoms with Crippen molar-refractivity contribution in [3.8, 4) is 11.5 Å². The van der Waals surface area contributed by atoms with Crippen molar-refractivity contribution in [2.24, 2.45) is 0 Å². The lowest BCUT2D eigenvalue weighted by Crippen LogP contribution is -2.41. The molecule has 1 aliphatic heterocycles. The Morgan fingerprint density at radius 2 is 2.05 bits per heavy atom. The number of nitrogens with zero attached hydrogens (tertiary/aromatic N) is 1. The molecule has 2 atom stereocenters. The Morgan fingerprint density at radius 3 is 2.64 bits per heavy atom. The zero-order valence-corrected chi connectivity index (χ0v) is 13.1. The van der Waals surface area contributed by atoms with Crippen LogP contribution in [0.3, 0.4) is 0 Å². The summed E-state index contributed by atoms with van der Waals surface area (Å²) in [5.74, 6) is -0.933. The summed E-state index contributed by atoms with van der Waals surface area (Å²) in [6.07, 6.45) is 1.83. The van der Waals surface area contributed by atoms with E-state index in [1.165, 1.54) is 12.3 Å². The van der Waals surface area contributed by atoms with Crippen LogP contribution in [0.4, 0.5) is 0 Å².